The third-order valence-corrected chi connectivity index (χ3v) is 3.52. The van der Waals surface area contributed by atoms with Crippen LogP contribution in [0.3, 0.4) is 0 Å². The monoisotopic (exact) mass is 298 g/mol. The lowest BCUT2D eigenvalue weighted by molar-refractivity contribution is -0.127. The Kier molecular flexibility index (Phi) is 4.12. The number of hydrogen-bond acceptors (Lipinski definition) is 2. The van der Waals surface area contributed by atoms with Crippen molar-refractivity contribution in [3.05, 3.63) is 42.0 Å². The van der Waals surface area contributed by atoms with Crippen molar-refractivity contribution in [1.29, 1.82) is 0 Å². The van der Waals surface area contributed by atoms with E-state index in [0.717, 1.165) is 10.5 Å². The molecular formula is C13H12Cl2N2O2. The third-order valence-electron chi connectivity index (χ3n) is 3.02. The predicted octanol–water partition coefficient (Wildman–Crippen LogP) is 3.03. The fraction of sp³-hybridized carbons (Fsp3) is 0.231. The molecule has 1 unspecified atom stereocenters. The summed E-state index contributed by atoms with van der Waals surface area (Å²) >= 11 is 11.4. The summed E-state index contributed by atoms with van der Waals surface area (Å²) in [7, 11) is 0. The molecule has 1 aliphatic heterocycles. The number of amides is 3. The quantitative estimate of drug-likeness (QED) is 0.487. The molecule has 19 heavy (non-hydrogen) atoms. The fourth-order valence-corrected chi connectivity index (χ4v) is 2.47. The molecule has 0 bridgehead atoms. The Balaban J connectivity index is 2.38. The Morgan fingerprint density at radius 3 is 2.26 bits per heavy atom. The molecule has 1 fully saturated rings. The molecular weight excluding hydrogens is 287 g/mol. The molecule has 0 aromatic heterocycles. The second kappa shape index (κ2) is 5.63. The Labute approximate surface area is 121 Å². The number of alkyl halides is 2. The number of imide groups is 1. The number of hydrogen-bond donors (Lipinski definition) is 0. The van der Waals surface area contributed by atoms with Gasteiger partial charge in [0.25, 0.3) is 5.91 Å². The van der Waals surface area contributed by atoms with Crippen molar-refractivity contribution in [2.24, 2.45) is 0 Å². The summed E-state index contributed by atoms with van der Waals surface area (Å²) in [5.74, 6) is -0.355. The number of rotatable bonds is 4. The second-order valence-corrected chi connectivity index (χ2v) is 4.51. The summed E-state index contributed by atoms with van der Waals surface area (Å²) in [6.45, 7) is 3.66. The molecule has 6 heteroatoms. The van der Waals surface area contributed by atoms with Gasteiger partial charge in [-0.25, -0.2) is 9.69 Å². The van der Waals surface area contributed by atoms with Crippen LogP contribution in [0.1, 0.15) is 17.2 Å². The molecule has 1 aliphatic rings. The Bertz CT molecular complexity index is 516. The van der Waals surface area contributed by atoms with Crippen molar-refractivity contribution in [3.8, 4) is 0 Å². The van der Waals surface area contributed by atoms with E-state index in [1.54, 1.807) is 18.2 Å². The van der Waals surface area contributed by atoms with E-state index < -0.39 is 12.1 Å². The van der Waals surface area contributed by atoms with Gasteiger partial charge in [-0.1, -0.05) is 36.9 Å². The van der Waals surface area contributed by atoms with Crippen LogP contribution in [0.4, 0.5) is 4.79 Å². The van der Waals surface area contributed by atoms with Gasteiger partial charge in [-0.15, -0.1) is 23.2 Å². The largest absolute Gasteiger partial charge is 0.329 e. The molecule has 4 nitrogen and oxygen atoms in total. The molecule has 1 heterocycles. The molecule has 2 rings (SSSR count). The van der Waals surface area contributed by atoms with Gasteiger partial charge in [0.1, 0.15) is 12.0 Å². The number of benzene rings is 1. The van der Waals surface area contributed by atoms with Crippen molar-refractivity contribution in [3.63, 3.8) is 0 Å². The summed E-state index contributed by atoms with van der Waals surface area (Å²) < 4.78 is 0. The van der Waals surface area contributed by atoms with Crippen molar-refractivity contribution in [1.82, 2.24) is 9.80 Å². The summed E-state index contributed by atoms with van der Waals surface area (Å²) in [6, 6.07) is 5.81. The van der Waals surface area contributed by atoms with Gasteiger partial charge >= 0.3 is 6.03 Å². The second-order valence-electron chi connectivity index (χ2n) is 4.03. The van der Waals surface area contributed by atoms with Crippen molar-refractivity contribution >= 4 is 41.2 Å². The highest BCUT2D eigenvalue weighted by atomic mass is 35.5. The summed E-state index contributed by atoms with van der Waals surface area (Å²) in [5.41, 5.74) is 1.64. The zero-order chi connectivity index (χ0) is 14.0. The van der Waals surface area contributed by atoms with Crippen LogP contribution in [0, 0.1) is 0 Å². The molecule has 0 saturated carbocycles. The average molecular weight is 299 g/mol. The molecule has 1 saturated heterocycles. The third kappa shape index (κ3) is 2.33. The lowest BCUT2D eigenvalue weighted by atomic mass is 10.0. The number of nitrogens with zero attached hydrogens (tertiary/aromatic N) is 2. The molecule has 0 radical (unpaired) electrons. The molecule has 1 atom stereocenters. The molecule has 0 aliphatic carbocycles. The lowest BCUT2D eigenvalue weighted by Crippen LogP contribution is -2.31. The van der Waals surface area contributed by atoms with Crippen LogP contribution in [-0.4, -0.2) is 33.7 Å². The zero-order valence-corrected chi connectivity index (χ0v) is 11.6. The van der Waals surface area contributed by atoms with E-state index in [4.69, 9.17) is 23.2 Å². The van der Waals surface area contributed by atoms with Crippen molar-refractivity contribution < 1.29 is 9.59 Å². The summed E-state index contributed by atoms with van der Waals surface area (Å²) in [4.78, 5) is 26.4. The molecule has 1 aromatic rings. The molecule has 0 spiro atoms. The van der Waals surface area contributed by atoms with E-state index in [1.807, 2.05) is 12.1 Å². The topological polar surface area (TPSA) is 40.6 Å². The van der Waals surface area contributed by atoms with E-state index >= 15 is 0 Å². The summed E-state index contributed by atoms with van der Waals surface area (Å²) in [5, 5.41) is 0. The average Bonchev–Trinajstić information content (AvgIpc) is 2.69. The van der Waals surface area contributed by atoms with Crippen LogP contribution in [0.5, 0.6) is 0 Å². The van der Waals surface area contributed by atoms with Gasteiger partial charge in [-0.3, -0.25) is 9.69 Å². The zero-order valence-electron chi connectivity index (χ0n) is 10.1. The van der Waals surface area contributed by atoms with Gasteiger partial charge in [-0.2, -0.15) is 0 Å². The van der Waals surface area contributed by atoms with E-state index in [9.17, 15) is 9.59 Å². The van der Waals surface area contributed by atoms with Gasteiger partial charge in [0, 0.05) is 0 Å². The minimum absolute atomic E-state index is 0.0637. The van der Waals surface area contributed by atoms with Crippen LogP contribution in [0.15, 0.2) is 30.8 Å². The normalized spacial score (nSPS) is 19.2. The van der Waals surface area contributed by atoms with E-state index in [-0.39, 0.29) is 17.9 Å². The minimum Gasteiger partial charge on any atom is -0.294 e. The number of urea groups is 1. The molecule has 1 aromatic carbocycles. The number of halogens is 2. The highest BCUT2D eigenvalue weighted by Crippen LogP contribution is 2.31. The summed E-state index contributed by atoms with van der Waals surface area (Å²) in [6.07, 6.45) is 1.70. The molecule has 0 N–H and O–H groups in total. The van der Waals surface area contributed by atoms with E-state index in [0.29, 0.717) is 5.56 Å². The van der Waals surface area contributed by atoms with Crippen LogP contribution in [-0.2, 0) is 4.79 Å². The SMILES string of the molecule is C=Cc1ccc(C2C(=O)N(CCl)C(=O)N2CCl)cc1. The first-order valence-electron chi connectivity index (χ1n) is 5.60. The first kappa shape index (κ1) is 13.9. The lowest BCUT2D eigenvalue weighted by Gasteiger charge is -2.18. The Morgan fingerprint density at radius 2 is 1.79 bits per heavy atom. The van der Waals surface area contributed by atoms with Gasteiger partial charge in [0.2, 0.25) is 0 Å². The predicted molar refractivity (Wildman–Crippen MR) is 74.8 cm³/mol. The van der Waals surface area contributed by atoms with Crippen molar-refractivity contribution in [2.45, 2.75) is 6.04 Å². The fourth-order valence-electron chi connectivity index (χ4n) is 2.01. The molecule has 3 amide bonds. The Hall–Kier alpha value is -1.52. The maximum Gasteiger partial charge on any atom is 0.329 e. The highest BCUT2D eigenvalue weighted by molar-refractivity contribution is 6.23. The minimum atomic E-state index is -0.706. The van der Waals surface area contributed by atoms with Crippen LogP contribution >= 0.6 is 23.2 Å². The standard InChI is InChI=1S/C13H12Cl2N2O2/c1-2-9-3-5-10(6-4-9)11-12(18)17(8-15)13(19)16(11)7-14/h2-6,11H,1,7-8H2. The maximum absolute atomic E-state index is 12.2. The molecule has 100 valence electrons. The maximum atomic E-state index is 12.2. The van der Waals surface area contributed by atoms with E-state index in [1.165, 1.54) is 4.90 Å². The smallest absolute Gasteiger partial charge is 0.294 e. The van der Waals surface area contributed by atoms with Crippen LogP contribution in [0.2, 0.25) is 0 Å². The first-order valence-corrected chi connectivity index (χ1v) is 6.67. The van der Waals surface area contributed by atoms with Crippen LogP contribution < -0.4 is 0 Å². The van der Waals surface area contributed by atoms with Crippen molar-refractivity contribution in [2.75, 3.05) is 12.0 Å². The van der Waals surface area contributed by atoms with Gasteiger partial charge in [0.05, 0.1) is 6.00 Å². The van der Waals surface area contributed by atoms with Gasteiger partial charge in [0.15, 0.2) is 0 Å². The number of carbonyl (C=O) groups is 2. The van der Waals surface area contributed by atoms with Gasteiger partial charge in [-0.05, 0) is 11.1 Å². The highest BCUT2D eigenvalue weighted by Gasteiger charge is 2.45. The Morgan fingerprint density at radius 1 is 1.16 bits per heavy atom. The van der Waals surface area contributed by atoms with Gasteiger partial charge < -0.3 is 0 Å². The number of carbonyl (C=O) groups excluding carboxylic acids is 2. The van der Waals surface area contributed by atoms with Crippen LogP contribution in [0.25, 0.3) is 6.08 Å². The van der Waals surface area contributed by atoms with E-state index in [2.05, 4.69) is 6.58 Å². The first-order chi connectivity index (χ1) is 9.13.